The highest BCUT2D eigenvalue weighted by Crippen LogP contribution is 2.28. The molecule has 0 aromatic heterocycles. The van der Waals surface area contributed by atoms with E-state index in [4.69, 9.17) is 5.73 Å². The van der Waals surface area contributed by atoms with Crippen LogP contribution in [0.3, 0.4) is 0 Å². The molecule has 2 rings (SSSR count). The smallest absolute Gasteiger partial charge is 0.254 e. The van der Waals surface area contributed by atoms with E-state index in [0.29, 0.717) is 0 Å². The number of likely N-dealkylation sites (tertiary alicyclic amines) is 1. The summed E-state index contributed by atoms with van der Waals surface area (Å²) >= 11 is 0. The molecule has 0 unspecified atom stereocenters. The van der Waals surface area contributed by atoms with E-state index in [1.54, 1.807) is 0 Å². The van der Waals surface area contributed by atoms with Gasteiger partial charge < -0.3 is 10.6 Å². The summed E-state index contributed by atoms with van der Waals surface area (Å²) < 4.78 is 0. The Balaban J connectivity index is 2.09. The molecule has 1 amide bonds. The maximum Gasteiger partial charge on any atom is 0.254 e. The lowest BCUT2D eigenvalue weighted by molar-refractivity contribution is -0.125. The van der Waals surface area contributed by atoms with Crippen molar-refractivity contribution in [2.45, 2.75) is 25.3 Å². The molecule has 14 heavy (non-hydrogen) atoms. The van der Waals surface area contributed by atoms with Crippen LogP contribution in [0.15, 0.2) is 4.99 Å². The van der Waals surface area contributed by atoms with Gasteiger partial charge >= 0.3 is 0 Å². The van der Waals surface area contributed by atoms with E-state index in [0.717, 1.165) is 32.5 Å². The predicted molar refractivity (Wildman–Crippen MR) is 53.8 cm³/mol. The zero-order valence-electron chi connectivity index (χ0n) is 8.42. The fourth-order valence-electron chi connectivity index (χ4n) is 2.12. The fraction of sp³-hybridized carbons (Fsp3) is 0.778. The van der Waals surface area contributed by atoms with Gasteiger partial charge in [0.2, 0.25) is 0 Å². The molecule has 1 saturated heterocycles. The maximum absolute atomic E-state index is 11.6. The monoisotopic (exact) mass is 196 g/mol. The molecule has 0 radical (unpaired) electrons. The highest BCUT2D eigenvalue weighted by Gasteiger charge is 2.44. The van der Waals surface area contributed by atoms with Gasteiger partial charge in [0.1, 0.15) is 5.54 Å². The molecule has 0 aromatic carbocycles. The number of rotatable bonds is 1. The Labute approximate surface area is 83.4 Å². The molecular weight excluding hydrogens is 180 g/mol. The van der Waals surface area contributed by atoms with Gasteiger partial charge in [0.25, 0.3) is 5.91 Å². The molecule has 3 N–H and O–H groups in total. The third-order valence-electron chi connectivity index (χ3n) is 3.13. The zero-order chi connectivity index (χ0) is 10.2. The molecule has 2 aliphatic heterocycles. The van der Waals surface area contributed by atoms with Crippen molar-refractivity contribution >= 4 is 11.9 Å². The van der Waals surface area contributed by atoms with Crippen LogP contribution in [0.2, 0.25) is 0 Å². The first-order chi connectivity index (χ1) is 6.66. The summed E-state index contributed by atoms with van der Waals surface area (Å²) in [6.07, 6.45) is 1.57. The van der Waals surface area contributed by atoms with Crippen molar-refractivity contribution in [1.82, 2.24) is 10.2 Å². The largest absolute Gasteiger partial charge is 0.370 e. The molecule has 0 saturated carbocycles. The van der Waals surface area contributed by atoms with Gasteiger partial charge in [0, 0.05) is 13.1 Å². The lowest BCUT2D eigenvalue weighted by Crippen LogP contribution is -2.49. The molecular formula is C9H16N4O. The number of piperidine rings is 1. The van der Waals surface area contributed by atoms with Crippen LogP contribution in [-0.4, -0.2) is 41.9 Å². The number of carbonyl (C=O) groups excluding carboxylic acids is 1. The summed E-state index contributed by atoms with van der Waals surface area (Å²) in [6.45, 7) is 5.03. The topological polar surface area (TPSA) is 70.7 Å². The van der Waals surface area contributed by atoms with Crippen LogP contribution in [0.5, 0.6) is 0 Å². The van der Waals surface area contributed by atoms with Crippen LogP contribution < -0.4 is 11.1 Å². The van der Waals surface area contributed by atoms with Gasteiger partial charge in [0.15, 0.2) is 5.96 Å². The van der Waals surface area contributed by atoms with Gasteiger partial charge in [-0.3, -0.25) is 10.1 Å². The molecule has 1 fully saturated rings. The summed E-state index contributed by atoms with van der Waals surface area (Å²) in [5, 5.41) is 2.58. The molecule has 78 valence electrons. The lowest BCUT2D eigenvalue weighted by atomic mass is 9.88. The molecule has 1 spiro atoms. The third kappa shape index (κ3) is 1.37. The van der Waals surface area contributed by atoms with E-state index in [-0.39, 0.29) is 11.9 Å². The van der Waals surface area contributed by atoms with Gasteiger partial charge in [-0.2, -0.15) is 0 Å². The number of nitrogens with zero attached hydrogens (tertiary/aromatic N) is 2. The van der Waals surface area contributed by atoms with Crippen molar-refractivity contribution in [2.24, 2.45) is 10.7 Å². The average molecular weight is 196 g/mol. The lowest BCUT2D eigenvalue weighted by Gasteiger charge is -2.34. The van der Waals surface area contributed by atoms with E-state index in [1.807, 2.05) is 0 Å². The van der Waals surface area contributed by atoms with Gasteiger partial charge in [-0.1, -0.05) is 6.92 Å². The Morgan fingerprint density at radius 3 is 2.64 bits per heavy atom. The Kier molecular flexibility index (Phi) is 2.19. The molecule has 5 heteroatoms. The van der Waals surface area contributed by atoms with Gasteiger partial charge in [-0.15, -0.1) is 0 Å². The van der Waals surface area contributed by atoms with Gasteiger partial charge in [-0.25, -0.2) is 4.99 Å². The predicted octanol–water partition coefficient (Wildman–Crippen LogP) is -0.715. The van der Waals surface area contributed by atoms with Crippen molar-refractivity contribution in [3.05, 3.63) is 0 Å². The van der Waals surface area contributed by atoms with Crippen LogP contribution in [0.25, 0.3) is 0 Å². The second-order valence-corrected chi connectivity index (χ2v) is 3.92. The minimum atomic E-state index is -0.546. The minimum absolute atomic E-state index is 0.0225. The van der Waals surface area contributed by atoms with Crippen molar-refractivity contribution in [3.8, 4) is 0 Å². The van der Waals surface area contributed by atoms with Crippen molar-refractivity contribution < 1.29 is 4.79 Å². The Bertz CT molecular complexity index is 279. The van der Waals surface area contributed by atoms with Crippen molar-refractivity contribution in [3.63, 3.8) is 0 Å². The standard InChI is InChI=1S/C9H16N4O/c1-2-13-5-3-9(4-6-13)7(14)11-8(10)12-9/h2-6H2,1H3,(H3,10,11,12,14). The van der Waals surface area contributed by atoms with E-state index in [9.17, 15) is 4.79 Å². The van der Waals surface area contributed by atoms with E-state index < -0.39 is 5.54 Å². The molecule has 0 bridgehead atoms. The van der Waals surface area contributed by atoms with E-state index in [1.165, 1.54) is 0 Å². The molecule has 2 heterocycles. The molecule has 0 aromatic rings. The Hall–Kier alpha value is -1.10. The Morgan fingerprint density at radius 2 is 2.21 bits per heavy atom. The molecule has 2 aliphatic rings. The van der Waals surface area contributed by atoms with Crippen LogP contribution in [0.1, 0.15) is 19.8 Å². The SMILES string of the molecule is CCN1CCC2(CC1)N=C(N)NC2=O. The maximum atomic E-state index is 11.6. The number of guanidine groups is 1. The first kappa shape index (κ1) is 9.45. The number of carbonyl (C=O) groups is 1. The van der Waals surface area contributed by atoms with E-state index in [2.05, 4.69) is 22.1 Å². The summed E-state index contributed by atoms with van der Waals surface area (Å²) in [5.74, 6) is 0.255. The summed E-state index contributed by atoms with van der Waals surface area (Å²) in [5.41, 5.74) is 4.96. The average Bonchev–Trinajstić information content (AvgIpc) is 2.43. The highest BCUT2D eigenvalue weighted by atomic mass is 16.2. The van der Waals surface area contributed by atoms with Gasteiger partial charge in [-0.05, 0) is 19.4 Å². The molecule has 5 nitrogen and oxygen atoms in total. The number of nitrogens with two attached hydrogens (primary N) is 1. The Morgan fingerprint density at radius 1 is 1.57 bits per heavy atom. The van der Waals surface area contributed by atoms with Crippen molar-refractivity contribution in [1.29, 1.82) is 0 Å². The van der Waals surface area contributed by atoms with Crippen LogP contribution in [0.4, 0.5) is 0 Å². The quantitative estimate of drug-likeness (QED) is 0.581. The molecule has 0 aliphatic carbocycles. The van der Waals surface area contributed by atoms with Crippen LogP contribution >= 0.6 is 0 Å². The normalized spacial score (nSPS) is 26.4. The van der Waals surface area contributed by atoms with E-state index >= 15 is 0 Å². The van der Waals surface area contributed by atoms with Crippen LogP contribution in [0, 0.1) is 0 Å². The zero-order valence-corrected chi connectivity index (χ0v) is 8.42. The first-order valence-electron chi connectivity index (χ1n) is 5.05. The van der Waals surface area contributed by atoms with Crippen molar-refractivity contribution in [2.75, 3.05) is 19.6 Å². The van der Waals surface area contributed by atoms with Crippen LogP contribution in [-0.2, 0) is 4.79 Å². The number of nitrogens with one attached hydrogen (secondary N) is 1. The number of aliphatic imine (C=N–C) groups is 1. The number of hydrogen-bond donors (Lipinski definition) is 2. The number of amides is 1. The second-order valence-electron chi connectivity index (χ2n) is 3.92. The summed E-state index contributed by atoms with van der Waals surface area (Å²) in [4.78, 5) is 18.2. The highest BCUT2D eigenvalue weighted by molar-refractivity contribution is 6.06. The summed E-state index contributed by atoms with van der Waals surface area (Å²) in [7, 11) is 0. The first-order valence-corrected chi connectivity index (χ1v) is 5.05. The minimum Gasteiger partial charge on any atom is -0.370 e. The van der Waals surface area contributed by atoms with Gasteiger partial charge in [0.05, 0.1) is 0 Å². The second kappa shape index (κ2) is 3.24. The number of hydrogen-bond acceptors (Lipinski definition) is 4. The summed E-state index contributed by atoms with van der Waals surface area (Å²) in [6, 6.07) is 0. The third-order valence-corrected chi connectivity index (χ3v) is 3.13. The fourth-order valence-corrected chi connectivity index (χ4v) is 2.12. The molecule has 0 atom stereocenters.